The molecule has 3 rings (SSSR count). The number of nitrogen functional groups attached to an aromatic ring is 2. The molecule has 4 nitrogen and oxygen atoms in total. The summed E-state index contributed by atoms with van der Waals surface area (Å²) in [4.78, 5) is 12.4. The molecule has 35 heavy (non-hydrogen) atoms. The van der Waals surface area contributed by atoms with E-state index in [1.807, 2.05) is 5.32 Å². The van der Waals surface area contributed by atoms with E-state index in [-0.39, 0.29) is 5.69 Å². The minimum absolute atomic E-state index is 0.319. The lowest BCUT2D eigenvalue weighted by molar-refractivity contribution is -0.139. The molecule has 0 fully saturated rings. The predicted octanol–water partition coefficient (Wildman–Crippen LogP) is 6.83. The van der Waals surface area contributed by atoms with Crippen LogP contribution in [0.15, 0.2) is 54.6 Å². The fourth-order valence-corrected chi connectivity index (χ4v) is 3.27. The second-order valence-electron chi connectivity index (χ2n) is 7.31. The van der Waals surface area contributed by atoms with Gasteiger partial charge in [0.25, 0.3) is 5.91 Å². The van der Waals surface area contributed by atoms with Crippen LogP contribution in [-0.2, 0) is 18.5 Å². The number of rotatable bonds is 3. The lowest BCUT2D eigenvalue weighted by Crippen LogP contribution is -2.16. The fraction of sp³-hybridized carbons (Fsp3) is 0.136. The molecule has 1 amide bonds. The first kappa shape index (κ1) is 25.7. The third-order valence-electron chi connectivity index (χ3n) is 4.84. The van der Waals surface area contributed by atoms with E-state index in [9.17, 15) is 44.3 Å². The van der Waals surface area contributed by atoms with Crippen molar-refractivity contribution in [3.8, 4) is 11.1 Å². The number of nitrogens with two attached hydrogens (primary N) is 2. The quantitative estimate of drug-likeness (QED) is 0.269. The maximum absolute atomic E-state index is 13.8. The summed E-state index contributed by atoms with van der Waals surface area (Å²) in [7, 11) is 0. The zero-order chi connectivity index (χ0) is 26.3. The van der Waals surface area contributed by atoms with Crippen LogP contribution in [0.25, 0.3) is 11.1 Å². The number of anilines is 3. The Morgan fingerprint density at radius 2 is 1.14 bits per heavy atom. The topological polar surface area (TPSA) is 81.1 Å². The molecule has 0 radical (unpaired) electrons. The van der Waals surface area contributed by atoms with Crippen molar-refractivity contribution >= 4 is 23.0 Å². The van der Waals surface area contributed by atoms with Crippen molar-refractivity contribution in [3.05, 3.63) is 76.9 Å². The molecule has 0 bridgehead atoms. The second-order valence-corrected chi connectivity index (χ2v) is 7.31. The second kappa shape index (κ2) is 8.71. The van der Waals surface area contributed by atoms with Crippen LogP contribution >= 0.6 is 0 Å². The highest BCUT2D eigenvalue weighted by molar-refractivity contribution is 6.05. The molecule has 0 aromatic heterocycles. The van der Waals surface area contributed by atoms with Gasteiger partial charge in [-0.25, -0.2) is 0 Å². The van der Waals surface area contributed by atoms with E-state index in [1.165, 1.54) is 0 Å². The molecule has 0 saturated carbocycles. The summed E-state index contributed by atoms with van der Waals surface area (Å²) in [5.74, 6) is -1.19. The van der Waals surface area contributed by atoms with Crippen molar-refractivity contribution in [3.63, 3.8) is 0 Å². The Bertz CT molecular complexity index is 1280. The van der Waals surface area contributed by atoms with Crippen molar-refractivity contribution in [1.82, 2.24) is 0 Å². The predicted molar refractivity (Wildman–Crippen MR) is 110 cm³/mol. The summed E-state index contributed by atoms with van der Waals surface area (Å²) < 4.78 is 121. The standard InChI is InChI=1S/C22H14F9N3O/c23-20(24,25)15-8-11(32)2-4-13(15)14-5-3-12(9-16(14)21(26,27)28)34-19(35)10-1-6-18(33)17(7-10)22(29,30)31/h1-9H,32-33H2,(H,34,35). The highest BCUT2D eigenvalue weighted by Crippen LogP contribution is 2.44. The Hall–Kier alpha value is -3.90. The van der Waals surface area contributed by atoms with Gasteiger partial charge in [0.15, 0.2) is 0 Å². The monoisotopic (exact) mass is 507 g/mol. The largest absolute Gasteiger partial charge is 0.418 e. The number of nitrogens with one attached hydrogen (secondary N) is 1. The number of carbonyl (C=O) groups excluding carboxylic acids is 1. The average Bonchev–Trinajstić information content (AvgIpc) is 2.72. The van der Waals surface area contributed by atoms with Crippen LogP contribution in [0, 0.1) is 0 Å². The molecule has 5 N–H and O–H groups in total. The Kier molecular flexibility index (Phi) is 6.40. The molecular weight excluding hydrogens is 493 g/mol. The smallest absolute Gasteiger partial charge is 0.399 e. The van der Waals surface area contributed by atoms with E-state index in [0.717, 1.165) is 30.3 Å². The normalized spacial score (nSPS) is 12.5. The maximum Gasteiger partial charge on any atom is 0.418 e. The lowest BCUT2D eigenvalue weighted by Gasteiger charge is -2.19. The molecule has 0 unspecified atom stereocenters. The van der Waals surface area contributed by atoms with Gasteiger partial charge in [-0.3, -0.25) is 4.79 Å². The van der Waals surface area contributed by atoms with Gasteiger partial charge >= 0.3 is 18.5 Å². The highest BCUT2D eigenvalue weighted by atomic mass is 19.4. The number of amides is 1. The molecule has 186 valence electrons. The molecule has 0 saturated heterocycles. The summed E-state index contributed by atoms with van der Waals surface area (Å²) in [6, 6.07) is 6.42. The molecule has 3 aromatic rings. The molecule has 0 atom stereocenters. The summed E-state index contributed by atoms with van der Waals surface area (Å²) in [6.07, 6.45) is -15.1. The van der Waals surface area contributed by atoms with E-state index < -0.39 is 69.2 Å². The van der Waals surface area contributed by atoms with Crippen molar-refractivity contribution in [1.29, 1.82) is 0 Å². The number of benzene rings is 3. The third kappa shape index (κ3) is 5.61. The van der Waals surface area contributed by atoms with Crippen LogP contribution < -0.4 is 16.8 Å². The van der Waals surface area contributed by atoms with Gasteiger partial charge < -0.3 is 16.8 Å². The fourth-order valence-electron chi connectivity index (χ4n) is 3.27. The van der Waals surface area contributed by atoms with E-state index >= 15 is 0 Å². The van der Waals surface area contributed by atoms with Crippen LogP contribution in [0.1, 0.15) is 27.0 Å². The maximum atomic E-state index is 13.8. The molecule has 0 spiro atoms. The van der Waals surface area contributed by atoms with Gasteiger partial charge in [-0.1, -0.05) is 12.1 Å². The van der Waals surface area contributed by atoms with Gasteiger partial charge in [-0.05, 0) is 53.6 Å². The third-order valence-corrected chi connectivity index (χ3v) is 4.84. The number of hydrogen-bond donors (Lipinski definition) is 3. The summed E-state index contributed by atoms with van der Waals surface area (Å²) >= 11 is 0. The first-order valence-electron chi connectivity index (χ1n) is 9.45. The molecule has 0 heterocycles. The average molecular weight is 507 g/mol. The Labute approximate surface area is 191 Å². The van der Waals surface area contributed by atoms with Crippen molar-refractivity contribution in [2.24, 2.45) is 0 Å². The van der Waals surface area contributed by atoms with E-state index in [1.54, 1.807) is 0 Å². The van der Waals surface area contributed by atoms with Crippen LogP contribution in [0.4, 0.5) is 56.6 Å². The Morgan fingerprint density at radius 3 is 1.69 bits per heavy atom. The van der Waals surface area contributed by atoms with Gasteiger partial charge in [-0.2, -0.15) is 39.5 Å². The first-order valence-corrected chi connectivity index (χ1v) is 9.45. The zero-order valence-corrected chi connectivity index (χ0v) is 17.2. The minimum Gasteiger partial charge on any atom is -0.399 e. The highest BCUT2D eigenvalue weighted by Gasteiger charge is 2.39. The van der Waals surface area contributed by atoms with Crippen molar-refractivity contribution < 1.29 is 44.3 Å². The van der Waals surface area contributed by atoms with Crippen LogP contribution in [0.3, 0.4) is 0 Å². The van der Waals surface area contributed by atoms with E-state index in [2.05, 4.69) is 0 Å². The molecule has 13 heteroatoms. The summed E-state index contributed by atoms with van der Waals surface area (Å²) in [5, 5.41) is 2.01. The molecule has 0 aliphatic rings. The van der Waals surface area contributed by atoms with Gasteiger partial charge in [0.1, 0.15) is 0 Å². The molecule has 0 aliphatic carbocycles. The summed E-state index contributed by atoms with van der Waals surface area (Å²) in [6.45, 7) is 0. The minimum atomic E-state index is -5.15. The number of halogens is 9. The summed E-state index contributed by atoms with van der Waals surface area (Å²) in [5.41, 5.74) is 2.69. The van der Waals surface area contributed by atoms with Gasteiger partial charge in [0, 0.05) is 22.6 Å². The number of hydrogen-bond acceptors (Lipinski definition) is 3. The molecule has 3 aromatic carbocycles. The van der Waals surface area contributed by atoms with E-state index in [0.29, 0.717) is 24.3 Å². The number of alkyl halides is 9. The lowest BCUT2D eigenvalue weighted by atomic mass is 9.93. The van der Waals surface area contributed by atoms with Crippen molar-refractivity contribution in [2.75, 3.05) is 16.8 Å². The number of carbonyl (C=O) groups is 1. The molecular formula is C22H14F9N3O. The van der Waals surface area contributed by atoms with Gasteiger partial charge in [0.05, 0.1) is 16.7 Å². The molecule has 0 aliphatic heterocycles. The van der Waals surface area contributed by atoms with E-state index in [4.69, 9.17) is 11.5 Å². The Balaban J connectivity index is 2.06. The Morgan fingerprint density at radius 1 is 0.629 bits per heavy atom. The van der Waals surface area contributed by atoms with Crippen molar-refractivity contribution in [2.45, 2.75) is 18.5 Å². The van der Waals surface area contributed by atoms with Gasteiger partial charge in [0.2, 0.25) is 0 Å². The zero-order valence-electron chi connectivity index (χ0n) is 17.2. The van der Waals surface area contributed by atoms with Gasteiger partial charge in [-0.15, -0.1) is 0 Å². The SMILES string of the molecule is Nc1ccc(-c2ccc(NC(=O)c3ccc(N)c(C(F)(F)F)c3)cc2C(F)(F)F)c(C(F)(F)F)c1. The first-order chi connectivity index (χ1) is 16.0. The van der Waals surface area contributed by atoms with Crippen LogP contribution in [0.5, 0.6) is 0 Å². The van der Waals surface area contributed by atoms with Crippen LogP contribution in [-0.4, -0.2) is 5.91 Å². The van der Waals surface area contributed by atoms with Crippen LogP contribution in [0.2, 0.25) is 0 Å².